The van der Waals surface area contributed by atoms with Crippen molar-refractivity contribution in [2.24, 2.45) is 0 Å². The molecule has 5 nitrogen and oxygen atoms in total. The molecule has 2 unspecified atom stereocenters. The lowest BCUT2D eigenvalue weighted by Crippen LogP contribution is -2.35. The molecule has 0 radical (unpaired) electrons. The number of hydrogen-bond donors (Lipinski definition) is 1. The molecule has 0 saturated heterocycles. The average molecular weight is 234 g/mol. The third-order valence-corrected chi connectivity index (χ3v) is 1.91. The Hall–Kier alpha value is -0.135. The van der Waals surface area contributed by atoms with E-state index in [-0.39, 0.29) is 0 Å². The maximum absolute atomic E-state index is 9.50. The van der Waals surface area contributed by atoms with Crippen LogP contribution in [0.1, 0.15) is 40.5 Å². The van der Waals surface area contributed by atoms with Crippen molar-refractivity contribution < 1.29 is 23.8 Å². The molecule has 6 heteroatoms. The van der Waals surface area contributed by atoms with Crippen molar-refractivity contribution in [1.29, 1.82) is 0 Å². The fraction of sp³-hybridized carbons (Fsp3) is 1.00. The molecule has 0 aliphatic carbocycles. The second kappa shape index (κ2) is 10.0. The smallest absolute Gasteiger partial charge is 0.401 e. The van der Waals surface area contributed by atoms with Gasteiger partial charge in [-0.2, -0.15) is 0 Å². The molecule has 0 aliphatic heterocycles. The van der Waals surface area contributed by atoms with E-state index in [2.05, 4.69) is 0 Å². The molecule has 0 spiro atoms. The Morgan fingerprint density at radius 3 is 1.50 bits per heavy atom. The van der Waals surface area contributed by atoms with Gasteiger partial charge in [0.25, 0.3) is 0 Å². The van der Waals surface area contributed by atoms with E-state index < -0.39 is 19.9 Å². The van der Waals surface area contributed by atoms with Gasteiger partial charge in [0.05, 0.1) is 0 Å². The lowest BCUT2D eigenvalue weighted by Gasteiger charge is -2.21. The Morgan fingerprint density at radius 1 is 0.875 bits per heavy atom. The van der Waals surface area contributed by atoms with Crippen LogP contribution in [0.3, 0.4) is 0 Å². The van der Waals surface area contributed by atoms with E-state index in [0.717, 1.165) is 0 Å². The molecule has 2 atom stereocenters. The molecule has 0 aromatic rings. The minimum Gasteiger partial charge on any atom is -0.401 e. The van der Waals surface area contributed by atoms with Crippen molar-refractivity contribution in [2.45, 2.75) is 53.1 Å². The van der Waals surface area contributed by atoms with Gasteiger partial charge < -0.3 is 23.8 Å². The molecular weight excluding hydrogens is 211 g/mol. The Morgan fingerprint density at radius 2 is 1.25 bits per heavy atom. The van der Waals surface area contributed by atoms with Crippen LogP contribution in [-0.4, -0.2) is 38.1 Å². The quantitative estimate of drug-likeness (QED) is 0.459. The third-order valence-electron chi connectivity index (χ3n) is 1.91. The number of rotatable bonds is 10. The zero-order valence-corrected chi connectivity index (χ0v) is 10.6. The van der Waals surface area contributed by atoms with E-state index in [9.17, 15) is 5.02 Å². The second-order valence-corrected chi connectivity index (χ2v) is 3.17. The molecule has 0 rings (SSSR count). The molecule has 0 saturated carbocycles. The van der Waals surface area contributed by atoms with E-state index in [4.69, 9.17) is 18.8 Å². The fourth-order valence-corrected chi connectivity index (χ4v) is 1.17. The van der Waals surface area contributed by atoms with Crippen LogP contribution in [0, 0.1) is 0 Å². The van der Waals surface area contributed by atoms with Gasteiger partial charge in [-0.15, -0.1) is 0 Å². The van der Waals surface area contributed by atoms with Crippen molar-refractivity contribution in [1.82, 2.24) is 0 Å². The van der Waals surface area contributed by atoms with Gasteiger partial charge in [0, 0.05) is 13.2 Å². The summed E-state index contributed by atoms with van der Waals surface area (Å²) >= 11 is 0. The highest BCUT2D eigenvalue weighted by Crippen LogP contribution is 2.06. The van der Waals surface area contributed by atoms with Crippen LogP contribution < -0.4 is 0 Å². The average Bonchev–Trinajstić information content (AvgIpc) is 2.27. The zero-order valence-electron chi connectivity index (χ0n) is 10.6. The molecule has 96 valence electrons. The zero-order chi connectivity index (χ0) is 12.4. The first-order chi connectivity index (χ1) is 7.67. The Kier molecular flexibility index (Phi) is 9.96. The van der Waals surface area contributed by atoms with Crippen LogP contribution in [0.15, 0.2) is 0 Å². The van der Waals surface area contributed by atoms with E-state index >= 15 is 0 Å². The lowest BCUT2D eigenvalue weighted by atomic mass is 10.2. The molecule has 0 aromatic carbocycles. The summed E-state index contributed by atoms with van der Waals surface area (Å²) in [5, 5.41) is 9.50. The summed E-state index contributed by atoms with van der Waals surface area (Å²) in [5.41, 5.74) is 0. The topological polar surface area (TPSA) is 57.2 Å². The summed E-state index contributed by atoms with van der Waals surface area (Å²) in [6, 6.07) is 0. The van der Waals surface area contributed by atoms with Gasteiger partial charge >= 0.3 is 7.32 Å². The predicted molar refractivity (Wildman–Crippen MR) is 61.6 cm³/mol. The van der Waals surface area contributed by atoms with E-state index in [1.54, 1.807) is 0 Å². The summed E-state index contributed by atoms with van der Waals surface area (Å²) in [6.45, 7) is 8.63. The van der Waals surface area contributed by atoms with Crippen molar-refractivity contribution in [2.75, 3.05) is 13.2 Å². The van der Waals surface area contributed by atoms with Crippen molar-refractivity contribution in [3.05, 3.63) is 0 Å². The summed E-state index contributed by atoms with van der Waals surface area (Å²) < 4.78 is 20.8. The molecule has 0 fully saturated rings. The maximum atomic E-state index is 9.50. The SMILES string of the molecule is CCOC(CC)OB(O)OC(CC)OCC. The lowest BCUT2D eigenvalue weighted by molar-refractivity contribution is -0.140. The van der Waals surface area contributed by atoms with Gasteiger partial charge in [-0.25, -0.2) is 0 Å². The summed E-state index contributed by atoms with van der Waals surface area (Å²) in [6.07, 6.45) is 0.414. The predicted octanol–water partition coefficient (Wildman–Crippen LogP) is 1.54. The molecule has 16 heavy (non-hydrogen) atoms. The van der Waals surface area contributed by atoms with E-state index in [0.29, 0.717) is 26.1 Å². The molecule has 0 bridgehead atoms. The molecule has 0 aliphatic rings. The summed E-state index contributed by atoms with van der Waals surface area (Å²) in [5.74, 6) is 0. The van der Waals surface area contributed by atoms with Gasteiger partial charge in [-0.3, -0.25) is 0 Å². The largest absolute Gasteiger partial charge is 0.640 e. The fourth-order valence-electron chi connectivity index (χ4n) is 1.17. The van der Waals surface area contributed by atoms with Crippen LogP contribution in [-0.2, 0) is 18.8 Å². The van der Waals surface area contributed by atoms with E-state index in [1.165, 1.54) is 0 Å². The van der Waals surface area contributed by atoms with Crippen molar-refractivity contribution in [3.8, 4) is 0 Å². The van der Waals surface area contributed by atoms with Crippen LogP contribution in [0.2, 0.25) is 0 Å². The molecule has 0 aromatic heterocycles. The van der Waals surface area contributed by atoms with Gasteiger partial charge in [-0.1, -0.05) is 13.8 Å². The number of ether oxygens (including phenoxy) is 2. The van der Waals surface area contributed by atoms with Gasteiger partial charge in [-0.05, 0) is 26.7 Å². The highest BCUT2D eigenvalue weighted by atomic mass is 16.8. The normalized spacial score (nSPS) is 14.8. The third kappa shape index (κ3) is 7.19. The Balaban J connectivity index is 3.88. The maximum Gasteiger partial charge on any atom is 0.640 e. The first kappa shape index (κ1) is 15.9. The number of hydrogen-bond acceptors (Lipinski definition) is 5. The summed E-state index contributed by atoms with van der Waals surface area (Å²) in [7, 11) is -1.31. The molecular formula is C10H23BO5. The molecule has 0 amide bonds. The Bertz CT molecular complexity index is 142. The van der Waals surface area contributed by atoms with Gasteiger partial charge in [0.1, 0.15) is 12.6 Å². The van der Waals surface area contributed by atoms with Crippen LogP contribution in [0.25, 0.3) is 0 Å². The van der Waals surface area contributed by atoms with Gasteiger partial charge in [0.2, 0.25) is 0 Å². The standard InChI is InChI=1S/C10H23BO5/c1-5-9(13-7-3)15-11(12)16-10(6-2)14-8-4/h9-10,12H,5-8H2,1-4H3. The van der Waals surface area contributed by atoms with Crippen LogP contribution in [0.4, 0.5) is 0 Å². The highest BCUT2D eigenvalue weighted by molar-refractivity contribution is 6.34. The Labute approximate surface area is 98.2 Å². The van der Waals surface area contributed by atoms with E-state index in [1.807, 2.05) is 27.7 Å². The minimum absolute atomic E-state index is 0.445. The first-order valence-corrected chi connectivity index (χ1v) is 5.89. The second-order valence-electron chi connectivity index (χ2n) is 3.17. The van der Waals surface area contributed by atoms with Crippen molar-refractivity contribution >= 4 is 7.32 Å². The molecule has 0 heterocycles. The van der Waals surface area contributed by atoms with Gasteiger partial charge in [0.15, 0.2) is 0 Å². The van der Waals surface area contributed by atoms with Crippen LogP contribution in [0.5, 0.6) is 0 Å². The first-order valence-electron chi connectivity index (χ1n) is 5.89. The van der Waals surface area contributed by atoms with Crippen LogP contribution >= 0.6 is 0 Å². The van der Waals surface area contributed by atoms with Crippen molar-refractivity contribution in [3.63, 3.8) is 0 Å². The monoisotopic (exact) mass is 234 g/mol. The minimum atomic E-state index is -1.31. The molecule has 1 N–H and O–H groups in total. The summed E-state index contributed by atoms with van der Waals surface area (Å²) in [4.78, 5) is 0. The highest BCUT2D eigenvalue weighted by Gasteiger charge is 2.25.